The molecule has 0 radical (unpaired) electrons. The van der Waals surface area contributed by atoms with Crippen LogP contribution < -0.4 is 38.5 Å². The first-order valence-electron chi connectivity index (χ1n) is 18.9. The first kappa shape index (κ1) is 43.2. The zero-order chi connectivity index (χ0) is 41.3. The normalized spacial score (nSPS) is 13.3. The second kappa shape index (κ2) is 21.5. The van der Waals surface area contributed by atoms with Gasteiger partial charge in [0.2, 0.25) is 23.6 Å². The van der Waals surface area contributed by atoms with Gasteiger partial charge in [0, 0.05) is 48.6 Å². The molecular formula is C42H52FN9O5. The summed E-state index contributed by atoms with van der Waals surface area (Å²) in [5, 5.41) is 12.0. The van der Waals surface area contributed by atoms with E-state index >= 15 is 0 Å². The van der Waals surface area contributed by atoms with E-state index < -0.39 is 59.4 Å². The number of benzene rings is 3. The van der Waals surface area contributed by atoms with Crippen LogP contribution >= 0.6 is 0 Å². The number of guanidine groups is 1. The third-order valence-corrected chi connectivity index (χ3v) is 9.17. The number of halogens is 1. The van der Waals surface area contributed by atoms with Gasteiger partial charge < -0.3 is 43.5 Å². The number of H-pyrrole nitrogens is 1. The van der Waals surface area contributed by atoms with Crippen molar-refractivity contribution in [3.8, 4) is 0 Å². The van der Waals surface area contributed by atoms with Crippen LogP contribution in [0.1, 0.15) is 54.6 Å². The molecule has 57 heavy (non-hydrogen) atoms. The van der Waals surface area contributed by atoms with E-state index in [4.69, 9.17) is 17.2 Å². The molecule has 4 aromatic rings. The number of hydrogen-bond acceptors (Lipinski definition) is 6. The second-order valence-corrected chi connectivity index (χ2v) is 14.2. The highest BCUT2D eigenvalue weighted by molar-refractivity contribution is 5.97. The summed E-state index contributed by atoms with van der Waals surface area (Å²) in [6.07, 6.45) is 6.33. The Kier molecular flexibility index (Phi) is 16.3. The quantitative estimate of drug-likeness (QED) is 0.0272. The molecule has 0 aliphatic carbocycles. The molecule has 0 aliphatic rings. The van der Waals surface area contributed by atoms with Crippen LogP contribution in [0.25, 0.3) is 10.9 Å². The van der Waals surface area contributed by atoms with E-state index in [1.165, 1.54) is 24.3 Å². The number of aromatic nitrogens is 1. The highest BCUT2D eigenvalue weighted by Gasteiger charge is 2.29. The number of rotatable bonds is 21. The van der Waals surface area contributed by atoms with Crippen LogP contribution in [-0.2, 0) is 32.0 Å². The molecular weight excluding hydrogens is 730 g/mol. The van der Waals surface area contributed by atoms with Gasteiger partial charge in [-0.25, -0.2) is 4.39 Å². The van der Waals surface area contributed by atoms with Crippen LogP contribution in [0.2, 0.25) is 0 Å². The molecule has 5 amide bonds. The summed E-state index contributed by atoms with van der Waals surface area (Å²) in [5.74, 6) is -3.96. The first-order chi connectivity index (χ1) is 27.3. The van der Waals surface area contributed by atoms with Crippen molar-refractivity contribution in [2.24, 2.45) is 34.0 Å². The maximum atomic E-state index is 13.8. The molecule has 1 aromatic heterocycles. The highest BCUT2D eigenvalue weighted by atomic mass is 19.1. The smallest absolute Gasteiger partial charge is 0.251 e. The van der Waals surface area contributed by atoms with Crippen LogP contribution in [0, 0.1) is 17.7 Å². The van der Waals surface area contributed by atoms with Crippen LogP contribution in [0.3, 0.4) is 0 Å². The average molecular weight is 782 g/mol. The van der Waals surface area contributed by atoms with Crippen LogP contribution in [-0.4, -0.2) is 71.7 Å². The third-order valence-electron chi connectivity index (χ3n) is 9.17. The molecule has 3 aromatic carbocycles. The maximum Gasteiger partial charge on any atom is 0.251 e. The number of nitrogens with one attached hydrogen (secondary N) is 5. The summed E-state index contributed by atoms with van der Waals surface area (Å²) in [6, 6.07) is 18.7. The number of hydrogen-bond donors (Lipinski definition) is 8. The Morgan fingerprint density at radius 1 is 0.789 bits per heavy atom. The number of nitrogens with two attached hydrogens (primary N) is 3. The van der Waals surface area contributed by atoms with E-state index in [1.54, 1.807) is 18.3 Å². The van der Waals surface area contributed by atoms with E-state index in [9.17, 15) is 28.4 Å². The van der Waals surface area contributed by atoms with Crippen molar-refractivity contribution in [1.82, 2.24) is 26.3 Å². The molecule has 0 fully saturated rings. The Morgan fingerprint density at radius 3 is 2.16 bits per heavy atom. The molecule has 0 bridgehead atoms. The third kappa shape index (κ3) is 13.9. The van der Waals surface area contributed by atoms with Crippen molar-refractivity contribution < 1.29 is 28.4 Å². The molecule has 4 atom stereocenters. The number of aromatic amines is 1. The lowest BCUT2D eigenvalue weighted by molar-refractivity contribution is -0.132. The lowest BCUT2D eigenvalue weighted by Crippen LogP contribution is -2.54. The summed E-state index contributed by atoms with van der Waals surface area (Å²) in [5.41, 5.74) is 19.4. The molecule has 0 unspecified atom stereocenters. The van der Waals surface area contributed by atoms with Gasteiger partial charge in [0.1, 0.15) is 23.9 Å². The van der Waals surface area contributed by atoms with E-state index in [2.05, 4.69) is 31.2 Å². The highest BCUT2D eigenvalue weighted by Crippen LogP contribution is 2.20. The summed E-state index contributed by atoms with van der Waals surface area (Å²) >= 11 is 0. The minimum atomic E-state index is -1.06. The zero-order valence-corrected chi connectivity index (χ0v) is 32.2. The lowest BCUT2D eigenvalue weighted by Gasteiger charge is -2.24. The molecule has 0 saturated heterocycles. The van der Waals surface area contributed by atoms with E-state index in [-0.39, 0.29) is 49.8 Å². The number of fused-ring (bicyclic) bond motifs is 1. The van der Waals surface area contributed by atoms with Crippen molar-refractivity contribution in [1.29, 1.82) is 0 Å². The SMILES string of the molecule is CC(C)C[C@H](C=CCNC(=O)[C@H](Cc1ccccc1)NC(=O)c1ccc(F)cc1)C(=O)N[C@@H](CCCN=C(N)N)C(=O)N[C@@H](Cc1c[nH]c2ccccc12)C(N)=O. The van der Waals surface area contributed by atoms with Gasteiger partial charge in [-0.3, -0.25) is 29.0 Å². The minimum Gasteiger partial charge on any atom is -0.370 e. The first-order valence-corrected chi connectivity index (χ1v) is 18.9. The Morgan fingerprint density at radius 2 is 1.47 bits per heavy atom. The predicted octanol–water partition coefficient (Wildman–Crippen LogP) is 2.73. The van der Waals surface area contributed by atoms with Crippen LogP contribution in [0.15, 0.2) is 102 Å². The molecule has 0 aliphatic heterocycles. The Hall–Kier alpha value is -6.51. The molecule has 15 heteroatoms. The van der Waals surface area contributed by atoms with E-state index in [0.717, 1.165) is 22.0 Å². The second-order valence-electron chi connectivity index (χ2n) is 14.2. The molecule has 302 valence electrons. The van der Waals surface area contributed by atoms with E-state index in [1.807, 2.05) is 68.4 Å². The van der Waals surface area contributed by atoms with Gasteiger partial charge in [-0.1, -0.05) is 74.5 Å². The fourth-order valence-corrected chi connectivity index (χ4v) is 6.26. The summed E-state index contributed by atoms with van der Waals surface area (Å²) in [4.78, 5) is 73.6. The van der Waals surface area contributed by atoms with Crippen LogP contribution in [0.5, 0.6) is 0 Å². The predicted molar refractivity (Wildman–Crippen MR) is 218 cm³/mol. The van der Waals surface area contributed by atoms with Gasteiger partial charge in [-0.05, 0) is 66.6 Å². The van der Waals surface area contributed by atoms with Crippen molar-refractivity contribution in [2.45, 2.75) is 64.1 Å². The summed E-state index contributed by atoms with van der Waals surface area (Å²) in [6.45, 7) is 4.15. The Labute approximate surface area is 331 Å². The van der Waals surface area contributed by atoms with Gasteiger partial charge in [0.25, 0.3) is 5.91 Å². The summed E-state index contributed by atoms with van der Waals surface area (Å²) < 4.78 is 13.5. The largest absolute Gasteiger partial charge is 0.370 e. The maximum absolute atomic E-state index is 13.8. The number of para-hydroxylation sites is 1. The van der Waals surface area contributed by atoms with Crippen LogP contribution in [0.4, 0.5) is 4.39 Å². The van der Waals surface area contributed by atoms with Gasteiger partial charge in [-0.15, -0.1) is 0 Å². The monoisotopic (exact) mass is 781 g/mol. The molecule has 0 saturated carbocycles. The van der Waals surface area contributed by atoms with E-state index in [0.29, 0.717) is 12.8 Å². The van der Waals surface area contributed by atoms with Gasteiger partial charge in [0.15, 0.2) is 5.96 Å². The molecule has 1 heterocycles. The molecule has 14 nitrogen and oxygen atoms in total. The topological polar surface area (TPSA) is 240 Å². The molecule has 11 N–H and O–H groups in total. The van der Waals surface area contributed by atoms with Crippen molar-refractivity contribution in [3.05, 3.63) is 120 Å². The minimum absolute atomic E-state index is 0.0367. The fourth-order valence-electron chi connectivity index (χ4n) is 6.26. The van der Waals surface area contributed by atoms with Crippen molar-refractivity contribution in [3.63, 3.8) is 0 Å². The van der Waals surface area contributed by atoms with Crippen molar-refractivity contribution in [2.75, 3.05) is 13.1 Å². The average Bonchev–Trinajstić information content (AvgIpc) is 3.59. The summed E-state index contributed by atoms with van der Waals surface area (Å²) in [7, 11) is 0. The number of amides is 5. The number of nitrogens with zero attached hydrogens (tertiary/aromatic N) is 1. The number of primary amides is 1. The zero-order valence-electron chi connectivity index (χ0n) is 32.2. The van der Waals surface area contributed by atoms with Crippen molar-refractivity contribution >= 4 is 46.4 Å². The van der Waals surface area contributed by atoms with Gasteiger partial charge >= 0.3 is 0 Å². The standard InChI is InChI=1S/C42H52FN9O5/c1-26(2)22-29(12-8-20-47-40(56)36(23-27-10-4-3-5-11-27)52-38(54)28-16-18-31(43)19-17-28)39(55)50-34(15-9-21-48-42(45)46)41(57)51-35(37(44)53)24-30-25-49-33-14-7-6-13-32(30)33/h3-8,10-14,16-19,25-26,29,34-36,49H,9,15,20-24H2,1-2H3,(H2,44,53)(H,47,56)(H,50,55)(H,51,57)(H,52,54)(H4,45,46,48)/t29-,34-,35-,36-/m0/s1. The Bertz CT molecular complexity index is 2030. The molecule has 4 rings (SSSR count). The Balaban J connectivity index is 1.44. The fraction of sp³-hybridized carbons (Fsp3) is 0.333. The number of carbonyl (C=O) groups is 5. The van der Waals surface area contributed by atoms with Gasteiger partial charge in [-0.2, -0.15) is 0 Å². The number of carbonyl (C=O) groups excluding carboxylic acids is 5. The lowest BCUT2D eigenvalue weighted by atomic mass is 9.95. The molecule has 0 spiro atoms. The van der Waals surface area contributed by atoms with Gasteiger partial charge in [0.05, 0.1) is 5.92 Å². The number of aliphatic imine (C=N–C) groups is 1.